The van der Waals surface area contributed by atoms with E-state index in [2.05, 4.69) is 10.2 Å². The molecular formula is C13H22N4O2S. The fourth-order valence-electron chi connectivity index (χ4n) is 3.52. The first-order valence-corrected chi connectivity index (χ1v) is 8.70. The molecule has 0 N–H and O–H groups in total. The van der Waals surface area contributed by atoms with Crippen molar-refractivity contribution in [3.8, 4) is 0 Å². The van der Waals surface area contributed by atoms with E-state index in [4.69, 9.17) is 0 Å². The van der Waals surface area contributed by atoms with Crippen LogP contribution < -0.4 is 0 Å². The van der Waals surface area contributed by atoms with Crippen LogP contribution in [0.1, 0.15) is 44.9 Å². The molecule has 1 atom stereocenters. The average Bonchev–Trinajstić information content (AvgIpc) is 2.91. The number of hydrogen-bond donors (Lipinski definition) is 0. The van der Waals surface area contributed by atoms with Crippen molar-refractivity contribution >= 4 is 10.0 Å². The van der Waals surface area contributed by atoms with Crippen molar-refractivity contribution in [2.24, 2.45) is 12.5 Å². The molecule has 0 radical (unpaired) electrons. The van der Waals surface area contributed by atoms with Crippen molar-refractivity contribution < 1.29 is 8.42 Å². The third kappa shape index (κ3) is 1.90. The highest BCUT2D eigenvalue weighted by Gasteiger charge is 2.55. The number of hydrogen-bond acceptors (Lipinski definition) is 4. The molecule has 1 spiro atoms. The van der Waals surface area contributed by atoms with Gasteiger partial charge in [-0.1, -0.05) is 6.42 Å². The standard InChI is InChI=1S/C13H22N4O2S/c1-10(2)20(18,19)17-7-11(12-15-14-9-16(12)3)13(8-17)5-4-6-13/h9-11H,4-8H2,1-3H3. The molecule has 1 aromatic rings. The van der Waals surface area contributed by atoms with E-state index in [9.17, 15) is 8.42 Å². The summed E-state index contributed by atoms with van der Waals surface area (Å²) in [4.78, 5) is 0. The monoisotopic (exact) mass is 298 g/mol. The van der Waals surface area contributed by atoms with Crippen LogP contribution in [0.2, 0.25) is 0 Å². The molecule has 2 aliphatic rings. The summed E-state index contributed by atoms with van der Waals surface area (Å²) in [5, 5.41) is 7.82. The Morgan fingerprint density at radius 2 is 2.10 bits per heavy atom. The van der Waals surface area contributed by atoms with E-state index in [1.165, 1.54) is 6.42 Å². The lowest BCUT2D eigenvalue weighted by Crippen LogP contribution is -2.39. The third-order valence-electron chi connectivity index (χ3n) is 4.98. The summed E-state index contributed by atoms with van der Waals surface area (Å²) in [7, 11) is -1.25. The second kappa shape index (κ2) is 4.53. The second-order valence-electron chi connectivity index (χ2n) is 6.45. The first-order valence-electron chi connectivity index (χ1n) is 7.20. The van der Waals surface area contributed by atoms with Gasteiger partial charge in [0.1, 0.15) is 12.2 Å². The lowest BCUT2D eigenvalue weighted by atomic mass is 9.62. The molecule has 1 aromatic heterocycles. The van der Waals surface area contributed by atoms with E-state index in [0.717, 1.165) is 18.7 Å². The van der Waals surface area contributed by atoms with E-state index < -0.39 is 10.0 Å². The highest BCUT2D eigenvalue weighted by molar-refractivity contribution is 7.89. The maximum atomic E-state index is 12.4. The number of nitrogens with zero attached hydrogens (tertiary/aromatic N) is 4. The van der Waals surface area contributed by atoms with Gasteiger partial charge in [0.15, 0.2) is 0 Å². The third-order valence-corrected chi connectivity index (χ3v) is 7.17. The summed E-state index contributed by atoms with van der Waals surface area (Å²) in [5.74, 6) is 1.10. The van der Waals surface area contributed by atoms with Crippen molar-refractivity contribution in [3.05, 3.63) is 12.2 Å². The van der Waals surface area contributed by atoms with E-state index in [0.29, 0.717) is 13.1 Å². The normalized spacial score (nSPS) is 26.3. The Morgan fingerprint density at radius 3 is 2.55 bits per heavy atom. The fraction of sp³-hybridized carbons (Fsp3) is 0.846. The second-order valence-corrected chi connectivity index (χ2v) is 8.94. The largest absolute Gasteiger partial charge is 0.320 e. The van der Waals surface area contributed by atoms with Gasteiger partial charge < -0.3 is 4.57 Å². The van der Waals surface area contributed by atoms with Crippen molar-refractivity contribution in [1.82, 2.24) is 19.1 Å². The van der Waals surface area contributed by atoms with E-state index in [1.54, 1.807) is 24.5 Å². The average molecular weight is 298 g/mol. The van der Waals surface area contributed by atoms with Gasteiger partial charge in [0, 0.05) is 26.1 Å². The van der Waals surface area contributed by atoms with Crippen LogP contribution in [0.3, 0.4) is 0 Å². The van der Waals surface area contributed by atoms with Gasteiger partial charge in [0.2, 0.25) is 10.0 Å². The van der Waals surface area contributed by atoms with Crippen LogP contribution >= 0.6 is 0 Å². The first kappa shape index (κ1) is 14.0. The molecule has 1 saturated carbocycles. The predicted octanol–water partition coefficient (Wildman–Crippen LogP) is 1.12. The topological polar surface area (TPSA) is 68.1 Å². The van der Waals surface area contributed by atoms with Gasteiger partial charge in [0.05, 0.1) is 5.25 Å². The molecule has 1 unspecified atom stereocenters. The molecule has 20 heavy (non-hydrogen) atoms. The van der Waals surface area contributed by atoms with Gasteiger partial charge in [0.25, 0.3) is 0 Å². The maximum absolute atomic E-state index is 12.4. The van der Waals surface area contributed by atoms with Gasteiger partial charge in [-0.25, -0.2) is 12.7 Å². The fourth-order valence-corrected chi connectivity index (χ4v) is 4.91. The van der Waals surface area contributed by atoms with Crippen LogP contribution in [0, 0.1) is 5.41 Å². The van der Waals surface area contributed by atoms with Crippen LogP contribution in [0.15, 0.2) is 6.33 Å². The molecule has 6 nitrogen and oxygen atoms in total. The lowest BCUT2D eigenvalue weighted by molar-refractivity contribution is 0.126. The van der Waals surface area contributed by atoms with Crippen molar-refractivity contribution in [3.63, 3.8) is 0 Å². The predicted molar refractivity (Wildman–Crippen MR) is 75.7 cm³/mol. The first-order chi connectivity index (χ1) is 9.37. The summed E-state index contributed by atoms with van der Waals surface area (Å²) >= 11 is 0. The minimum Gasteiger partial charge on any atom is -0.320 e. The smallest absolute Gasteiger partial charge is 0.216 e. The SMILES string of the molecule is CC(C)S(=O)(=O)N1CC(c2nncn2C)C2(CCC2)C1. The van der Waals surface area contributed by atoms with E-state index >= 15 is 0 Å². The highest BCUT2D eigenvalue weighted by atomic mass is 32.2. The Hall–Kier alpha value is -0.950. The van der Waals surface area contributed by atoms with Gasteiger partial charge >= 0.3 is 0 Å². The zero-order valence-corrected chi connectivity index (χ0v) is 13.1. The van der Waals surface area contributed by atoms with Gasteiger partial charge in [-0.3, -0.25) is 0 Å². The summed E-state index contributed by atoms with van der Waals surface area (Å²) < 4.78 is 28.5. The summed E-state index contributed by atoms with van der Waals surface area (Å²) in [6, 6.07) is 0. The maximum Gasteiger partial charge on any atom is 0.216 e. The molecular weight excluding hydrogens is 276 g/mol. The molecule has 0 amide bonds. The number of sulfonamides is 1. The van der Waals surface area contributed by atoms with Crippen LogP contribution in [-0.4, -0.2) is 45.8 Å². The Labute approximate surface area is 120 Å². The Balaban J connectivity index is 1.94. The minimum atomic E-state index is -3.18. The molecule has 1 saturated heterocycles. The molecule has 1 aliphatic carbocycles. The molecule has 0 aromatic carbocycles. The molecule has 2 heterocycles. The zero-order chi connectivity index (χ0) is 14.5. The minimum absolute atomic E-state index is 0.0861. The lowest BCUT2D eigenvalue weighted by Gasteiger charge is -2.42. The quantitative estimate of drug-likeness (QED) is 0.838. The van der Waals surface area contributed by atoms with Gasteiger partial charge in [-0.05, 0) is 32.1 Å². The Bertz CT molecular complexity index is 604. The Morgan fingerprint density at radius 1 is 1.40 bits per heavy atom. The summed E-state index contributed by atoms with van der Waals surface area (Å²) in [6.07, 6.45) is 5.06. The molecule has 1 aliphatic heterocycles. The van der Waals surface area contributed by atoms with Gasteiger partial charge in [-0.15, -0.1) is 10.2 Å². The molecule has 3 rings (SSSR count). The number of aromatic nitrogens is 3. The number of aryl methyl sites for hydroxylation is 1. The van der Waals surface area contributed by atoms with Crippen molar-refractivity contribution in [2.75, 3.05) is 13.1 Å². The van der Waals surface area contributed by atoms with Gasteiger partial charge in [-0.2, -0.15) is 0 Å². The number of rotatable bonds is 3. The van der Waals surface area contributed by atoms with Crippen LogP contribution in [0.5, 0.6) is 0 Å². The molecule has 112 valence electrons. The molecule has 7 heteroatoms. The van der Waals surface area contributed by atoms with Crippen LogP contribution in [0.4, 0.5) is 0 Å². The molecule has 0 bridgehead atoms. The summed E-state index contributed by atoms with van der Waals surface area (Å²) in [6.45, 7) is 4.69. The molecule has 2 fully saturated rings. The van der Waals surface area contributed by atoms with Crippen molar-refractivity contribution in [1.29, 1.82) is 0 Å². The van der Waals surface area contributed by atoms with E-state index in [-0.39, 0.29) is 16.6 Å². The van der Waals surface area contributed by atoms with Crippen LogP contribution in [-0.2, 0) is 17.1 Å². The summed E-state index contributed by atoms with van der Waals surface area (Å²) in [5.41, 5.74) is 0.0861. The van der Waals surface area contributed by atoms with Crippen molar-refractivity contribution in [2.45, 2.75) is 44.3 Å². The van der Waals surface area contributed by atoms with Crippen LogP contribution in [0.25, 0.3) is 0 Å². The Kier molecular flexibility index (Phi) is 3.17. The zero-order valence-electron chi connectivity index (χ0n) is 12.3. The van der Waals surface area contributed by atoms with E-state index in [1.807, 2.05) is 11.6 Å². The highest BCUT2D eigenvalue weighted by Crippen LogP contribution is 2.55.